The molecule has 1 amide bonds. The maximum absolute atomic E-state index is 11.3. The fourth-order valence-electron chi connectivity index (χ4n) is 1.33. The Morgan fingerprint density at radius 2 is 2.20 bits per heavy atom. The largest absolute Gasteiger partial charge is 0.273 e. The van der Waals surface area contributed by atoms with Crippen LogP contribution in [0.5, 0.6) is 0 Å². The summed E-state index contributed by atoms with van der Waals surface area (Å²) < 4.78 is 0. The second-order valence-electron chi connectivity index (χ2n) is 3.49. The third kappa shape index (κ3) is 3.50. The van der Waals surface area contributed by atoms with Gasteiger partial charge in [-0.15, -0.1) is 4.91 Å². The highest BCUT2D eigenvalue weighted by molar-refractivity contribution is 5.75. The van der Waals surface area contributed by atoms with Gasteiger partial charge in [-0.25, -0.2) is 0 Å². The van der Waals surface area contributed by atoms with E-state index in [0.29, 0.717) is 12.8 Å². The van der Waals surface area contributed by atoms with Crippen molar-refractivity contribution in [3.63, 3.8) is 0 Å². The summed E-state index contributed by atoms with van der Waals surface area (Å²) in [6.07, 6.45) is 0.950. The summed E-state index contributed by atoms with van der Waals surface area (Å²) in [7, 11) is 1.37. The maximum Gasteiger partial charge on any atom is 0.245 e. The molecule has 0 bridgehead atoms. The number of rotatable bonds is 4. The number of aryl methyl sites for hydroxylation is 2. The fraction of sp³-hybridized carbons (Fsp3) is 0.364. The van der Waals surface area contributed by atoms with Crippen LogP contribution in [-0.4, -0.2) is 18.0 Å². The second-order valence-corrected chi connectivity index (χ2v) is 3.49. The van der Waals surface area contributed by atoms with E-state index < -0.39 is 0 Å². The lowest BCUT2D eigenvalue weighted by atomic mass is 10.1. The van der Waals surface area contributed by atoms with E-state index in [-0.39, 0.29) is 5.91 Å². The van der Waals surface area contributed by atoms with E-state index in [1.54, 1.807) is 0 Å². The van der Waals surface area contributed by atoms with Gasteiger partial charge in [0.2, 0.25) is 5.91 Å². The van der Waals surface area contributed by atoms with Crippen LogP contribution in [0.15, 0.2) is 29.6 Å². The Morgan fingerprint density at radius 1 is 1.47 bits per heavy atom. The van der Waals surface area contributed by atoms with Crippen LogP contribution in [0.25, 0.3) is 0 Å². The van der Waals surface area contributed by atoms with Crippen molar-refractivity contribution in [2.75, 3.05) is 7.05 Å². The minimum Gasteiger partial charge on any atom is -0.273 e. The van der Waals surface area contributed by atoms with Crippen molar-refractivity contribution < 1.29 is 4.79 Å². The Balaban J connectivity index is 2.50. The molecule has 80 valence electrons. The van der Waals surface area contributed by atoms with Crippen molar-refractivity contribution in [2.24, 2.45) is 5.29 Å². The molecule has 0 saturated carbocycles. The van der Waals surface area contributed by atoms with E-state index in [9.17, 15) is 9.70 Å². The van der Waals surface area contributed by atoms with Gasteiger partial charge in [-0.1, -0.05) is 29.8 Å². The zero-order valence-corrected chi connectivity index (χ0v) is 8.93. The number of benzene rings is 1. The van der Waals surface area contributed by atoms with Crippen molar-refractivity contribution in [3.8, 4) is 0 Å². The van der Waals surface area contributed by atoms with Crippen LogP contribution in [0.1, 0.15) is 17.5 Å². The zero-order valence-electron chi connectivity index (χ0n) is 8.93. The maximum atomic E-state index is 11.3. The number of nitroso groups, excluding NO2 is 1. The average Bonchev–Trinajstić information content (AvgIpc) is 2.25. The summed E-state index contributed by atoms with van der Waals surface area (Å²) >= 11 is 0. The first-order valence-electron chi connectivity index (χ1n) is 4.79. The summed E-state index contributed by atoms with van der Waals surface area (Å²) in [4.78, 5) is 21.3. The SMILES string of the molecule is Cc1cccc(CCC(=O)N(C)N=O)c1. The summed E-state index contributed by atoms with van der Waals surface area (Å²) in [5, 5.41) is 3.38. The smallest absolute Gasteiger partial charge is 0.245 e. The van der Waals surface area contributed by atoms with E-state index >= 15 is 0 Å². The lowest BCUT2D eigenvalue weighted by Crippen LogP contribution is -2.20. The van der Waals surface area contributed by atoms with E-state index in [1.807, 2.05) is 31.2 Å². The van der Waals surface area contributed by atoms with Gasteiger partial charge in [0.15, 0.2) is 0 Å². The standard InChI is InChI=1S/C11H14N2O2/c1-9-4-3-5-10(8-9)6-7-11(14)13(2)12-15/h3-5,8H,6-7H2,1-2H3. The normalized spacial score (nSPS) is 9.73. The molecule has 4 heteroatoms. The van der Waals surface area contributed by atoms with Gasteiger partial charge in [-0.05, 0) is 18.9 Å². The van der Waals surface area contributed by atoms with E-state index in [1.165, 1.54) is 12.6 Å². The van der Waals surface area contributed by atoms with Gasteiger partial charge in [0.05, 0.1) is 5.29 Å². The molecule has 0 atom stereocenters. The summed E-state index contributed by atoms with van der Waals surface area (Å²) in [5.41, 5.74) is 2.27. The van der Waals surface area contributed by atoms with E-state index in [2.05, 4.69) is 5.29 Å². The quantitative estimate of drug-likeness (QED) is 0.559. The highest BCUT2D eigenvalue weighted by Gasteiger charge is 2.08. The first-order chi connectivity index (χ1) is 7.13. The lowest BCUT2D eigenvalue weighted by Gasteiger charge is -2.06. The van der Waals surface area contributed by atoms with Crippen molar-refractivity contribution in [1.82, 2.24) is 5.01 Å². The third-order valence-corrected chi connectivity index (χ3v) is 2.19. The Labute approximate surface area is 88.8 Å². The van der Waals surface area contributed by atoms with Crippen LogP contribution in [0.2, 0.25) is 0 Å². The molecule has 1 rings (SSSR count). The van der Waals surface area contributed by atoms with Gasteiger partial charge in [0.25, 0.3) is 0 Å². The zero-order chi connectivity index (χ0) is 11.3. The molecule has 1 aromatic carbocycles. The molecule has 15 heavy (non-hydrogen) atoms. The molecule has 0 N–H and O–H groups in total. The Morgan fingerprint density at radius 3 is 2.80 bits per heavy atom. The predicted octanol–water partition coefficient (Wildman–Crippen LogP) is 2.07. The van der Waals surface area contributed by atoms with E-state index in [4.69, 9.17) is 0 Å². The number of carbonyl (C=O) groups excluding carboxylic acids is 1. The Bertz CT molecular complexity index is 363. The van der Waals surface area contributed by atoms with Crippen molar-refractivity contribution in [1.29, 1.82) is 0 Å². The third-order valence-electron chi connectivity index (χ3n) is 2.19. The average molecular weight is 206 g/mol. The van der Waals surface area contributed by atoms with E-state index in [0.717, 1.165) is 10.6 Å². The molecular weight excluding hydrogens is 192 g/mol. The molecule has 0 unspecified atom stereocenters. The molecule has 0 aromatic heterocycles. The van der Waals surface area contributed by atoms with Crippen LogP contribution in [-0.2, 0) is 11.2 Å². The van der Waals surface area contributed by atoms with Crippen LogP contribution >= 0.6 is 0 Å². The highest BCUT2D eigenvalue weighted by Crippen LogP contribution is 2.07. The summed E-state index contributed by atoms with van der Waals surface area (Å²) in [6, 6.07) is 7.96. The molecular formula is C11H14N2O2. The van der Waals surface area contributed by atoms with Crippen molar-refractivity contribution in [3.05, 3.63) is 40.3 Å². The lowest BCUT2D eigenvalue weighted by molar-refractivity contribution is -0.129. The number of hydrogen-bond acceptors (Lipinski definition) is 3. The number of nitrogens with zero attached hydrogens (tertiary/aromatic N) is 2. The molecule has 0 fully saturated rings. The monoisotopic (exact) mass is 206 g/mol. The summed E-state index contributed by atoms with van der Waals surface area (Å²) in [5.74, 6) is -0.258. The first kappa shape index (κ1) is 11.4. The van der Waals surface area contributed by atoms with Gasteiger partial charge in [0.1, 0.15) is 0 Å². The van der Waals surface area contributed by atoms with Gasteiger partial charge in [-0.2, -0.15) is 5.01 Å². The van der Waals surface area contributed by atoms with Crippen LogP contribution in [0, 0.1) is 11.8 Å². The Hall–Kier alpha value is -1.71. The number of hydrogen-bond donors (Lipinski definition) is 0. The second kappa shape index (κ2) is 5.24. The molecule has 0 aliphatic heterocycles. The molecule has 0 radical (unpaired) electrons. The van der Waals surface area contributed by atoms with Crippen molar-refractivity contribution in [2.45, 2.75) is 19.8 Å². The molecule has 4 nitrogen and oxygen atoms in total. The molecule has 1 aromatic rings. The van der Waals surface area contributed by atoms with Gasteiger partial charge >= 0.3 is 0 Å². The fourth-order valence-corrected chi connectivity index (χ4v) is 1.33. The topological polar surface area (TPSA) is 49.7 Å². The van der Waals surface area contributed by atoms with Gasteiger partial charge in [-0.3, -0.25) is 4.79 Å². The minimum absolute atomic E-state index is 0.258. The van der Waals surface area contributed by atoms with Gasteiger partial charge in [0, 0.05) is 13.5 Å². The highest BCUT2D eigenvalue weighted by atomic mass is 16.3. The van der Waals surface area contributed by atoms with Crippen LogP contribution in [0.3, 0.4) is 0 Å². The van der Waals surface area contributed by atoms with Crippen LogP contribution in [0.4, 0.5) is 0 Å². The Kier molecular flexibility index (Phi) is 3.97. The molecule has 0 saturated heterocycles. The van der Waals surface area contributed by atoms with Crippen LogP contribution < -0.4 is 0 Å². The molecule has 0 spiro atoms. The molecule has 0 aliphatic rings. The number of amides is 1. The number of carbonyl (C=O) groups is 1. The first-order valence-corrected chi connectivity index (χ1v) is 4.79. The molecule has 0 heterocycles. The van der Waals surface area contributed by atoms with Gasteiger partial charge < -0.3 is 0 Å². The molecule has 0 aliphatic carbocycles. The van der Waals surface area contributed by atoms with Crippen molar-refractivity contribution >= 4 is 5.91 Å². The minimum atomic E-state index is -0.258. The summed E-state index contributed by atoms with van der Waals surface area (Å²) in [6.45, 7) is 2.00. The predicted molar refractivity (Wildman–Crippen MR) is 58.1 cm³/mol.